The maximum absolute atomic E-state index is 12.7. The van der Waals surface area contributed by atoms with Crippen molar-refractivity contribution in [2.75, 3.05) is 6.61 Å². The zero-order valence-electron chi connectivity index (χ0n) is 16.6. The van der Waals surface area contributed by atoms with Crippen molar-refractivity contribution < 1.29 is 23.5 Å². The summed E-state index contributed by atoms with van der Waals surface area (Å²) in [6.07, 6.45) is 4.80. The monoisotopic (exact) mass is 418 g/mol. The van der Waals surface area contributed by atoms with E-state index in [2.05, 4.69) is 15.1 Å². The molecule has 0 aliphatic carbocycles. The molecule has 0 amide bonds. The van der Waals surface area contributed by atoms with Gasteiger partial charge < -0.3 is 13.9 Å². The van der Waals surface area contributed by atoms with Crippen molar-refractivity contribution in [1.82, 2.24) is 19.7 Å². The number of aromatic nitrogens is 4. The number of pyridine rings is 1. The van der Waals surface area contributed by atoms with E-state index in [0.29, 0.717) is 11.4 Å². The molecule has 0 bridgehead atoms. The highest BCUT2D eigenvalue weighted by Gasteiger charge is 2.24. The maximum Gasteiger partial charge on any atom is 0.360 e. The minimum absolute atomic E-state index is 0.0352. The summed E-state index contributed by atoms with van der Waals surface area (Å²) in [6, 6.07) is 14.0. The van der Waals surface area contributed by atoms with Gasteiger partial charge in [0.25, 0.3) is 0 Å². The van der Waals surface area contributed by atoms with Crippen LogP contribution in [-0.4, -0.2) is 38.3 Å². The van der Waals surface area contributed by atoms with Crippen LogP contribution in [0.4, 0.5) is 0 Å². The Balaban J connectivity index is 1.59. The lowest BCUT2D eigenvalue weighted by molar-refractivity contribution is 0.0421. The van der Waals surface area contributed by atoms with Crippen molar-refractivity contribution in [2.45, 2.75) is 13.5 Å². The average Bonchev–Trinajstić information content (AvgIpc) is 3.49. The van der Waals surface area contributed by atoms with E-state index in [-0.39, 0.29) is 36.1 Å². The summed E-state index contributed by atoms with van der Waals surface area (Å²) >= 11 is 0. The molecule has 9 nitrogen and oxygen atoms in total. The molecule has 0 N–H and O–H groups in total. The van der Waals surface area contributed by atoms with Gasteiger partial charge in [0.05, 0.1) is 6.61 Å². The molecule has 0 aliphatic heterocycles. The number of esters is 2. The van der Waals surface area contributed by atoms with Gasteiger partial charge >= 0.3 is 11.9 Å². The number of nitrogens with zero attached hydrogens (tertiary/aromatic N) is 4. The summed E-state index contributed by atoms with van der Waals surface area (Å²) in [5.74, 6) is -0.654. The van der Waals surface area contributed by atoms with Crippen molar-refractivity contribution in [3.8, 4) is 17.3 Å². The first kappa shape index (κ1) is 20.0. The lowest BCUT2D eigenvalue weighted by Crippen LogP contribution is -2.13. The first-order valence-electron chi connectivity index (χ1n) is 9.51. The van der Waals surface area contributed by atoms with Crippen molar-refractivity contribution in [1.29, 1.82) is 0 Å². The van der Waals surface area contributed by atoms with Crippen LogP contribution in [0.25, 0.3) is 17.3 Å². The zero-order chi connectivity index (χ0) is 21.6. The molecule has 3 heterocycles. The van der Waals surface area contributed by atoms with Gasteiger partial charge in [-0.2, -0.15) is 5.10 Å². The number of carbonyl (C=O) groups is 2. The van der Waals surface area contributed by atoms with E-state index in [9.17, 15) is 9.59 Å². The number of hydrogen-bond acceptors (Lipinski definition) is 8. The summed E-state index contributed by atoms with van der Waals surface area (Å²) in [7, 11) is 0. The van der Waals surface area contributed by atoms with E-state index in [1.165, 1.54) is 4.68 Å². The van der Waals surface area contributed by atoms with Crippen LogP contribution < -0.4 is 0 Å². The van der Waals surface area contributed by atoms with Gasteiger partial charge in [0.2, 0.25) is 5.89 Å². The number of carbonyl (C=O) groups excluding carboxylic acids is 2. The molecular weight excluding hydrogens is 400 g/mol. The molecule has 31 heavy (non-hydrogen) atoms. The number of hydrogen-bond donors (Lipinski definition) is 0. The summed E-state index contributed by atoms with van der Waals surface area (Å²) < 4.78 is 17.7. The van der Waals surface area contributed by atoms with E-state index >= 15 is 0 Å². The number of benzene rings is 1. The molecule has 0 atom stereocenters. The lowest BCUT2D eigenvalue weighted by Gasteiger charge is -2.08. The van der Waals surface area contributed by atoms with Gasteiger partial charge in [0, 0.05) is 24.2 Å². The second-order valence-electron chi connectivity index (χ2n) is 6.28. The van der Waals surface area contributed by atoms with Crippen molar-refractivity contribution in [2.24, 2.45) is 0 Å². The lowest BCUT2D eigenvalue weighted by atomic mass is 10.2. The Morgan fingerprint density at radius 1 is 1.00 bits per heavy atom. The second-order valence-corrected chi connectivity index (χ2v) is 6.28. The van der Waals surface area contributed by atoms with Crippen molar-refractivity contribution >= 4 is 11.9 Å². The largest absolute Gasteiger partial charge is 0.461 e. The summed E-state index contributed by atoms with van der Waals surface area (Å²) in [5.41, 5.74) is 0.859. The Morgan fingerprint density at radius 3 is 2.58 bits per heavy atom. The third kappa shape index (κ3) is 4.35. The molecule has 4 rings (SSSR count). The quantitative estimate of drug-likeness (QED) is 0.420. The van der Waals surface area contributed by atoms with Crippen LogP contribution in [-0.2, 0) is 16.1 Å². The van der Waals surface area contributed by atoms with Crippen LogP contribution in [0.2, 0.25) is 0 Å². The first-order chi connectivity index (χ1) is 15.2. The fraction of sp³-hybridized carbons (Fsp3) is 0.136. The molecule has 0 unspecified atom stereocenters. The Kier molecular flexibility index (Phi) is 5.84. The molecule has 4 aromatic rings. The van der Waals surface area contributed by atoms with Gasteiger partial charge in [-0.3, -0.25) is 0 Å². The highest BCUT2D eigenvalue weighted by molar-refractivity contribution is 5.93. The SMILES string of the molecule is CCOC(=O)c1nc(-c2ccccc2)oc1COC(=O)c1cccnc1-n1cccn1. The molecule has 0 aliphatic rings. The summed E-state index contributed by atoms with van der Waals surface area (Å²) in [6.45, 7) is 1.56. The minimum Gasteiger partial charge on any atom is -0.461 e. The normalized spacial score (nSPS) is 10.6. The van der Waals surface area contributed by atoms with Gasteiger partial charge in [-0.15, -0.1) is 0 Å². The molecular formula is C22H18N4O5. The molecule has 3 aromatic heterocycles. The van der Waals surface area contributed by atoms with Crippen molar-refractivity contribution in [3.05, 3.63) is 84.1 Å². The fourth-order valence-corrected chi connectivity index (χ4v) is 2.85. The molecule has 9 heteroatoms. The van der Waals surface area contributed by atoms with E-state index in [4.69, 9.17) is 13.9 Å². The standard InChI is InChI=1S/C22H18N4O5/c1-2-29-22(28)18-17(31-20(25-18)15-8-4-3-5-9-15)14-30-21(27)16-10-6-11-23-19(16)26-13-7-12-24-26/h3-13H,2,14H2,1H3. The molecule has 0 spiro atoms. The van der Waals surface area contributed by atoms with Gasteiger partial charge in [-0.25, -0.2) is 24.2 Å². The Hall–Kier alpha value is -4.27. The molecule has 0 fully saturated rings. The highest BCUT2D eigenvalue weighted by Crippen LogP contribution is 2.24. The van der Waals surface area contributed by atoms with E-state index < -0.39 is 11.9 Å². The van der Waals surface area contributed by atoms with E-state index in [1.54, 1.807) is 55.8 Å². The number of rotatable bonds is 7. The van der Waals surface area contributed by atoms with Gasteiger partial charge in [-0.05, 0) is 37.3 Å². The molecule has 156 valence electrons. The third-order valence-corrected chi connectivity index (χ3v) is 4.25. The van der Waals surface area contributed by atoms with Gasteiger partial charge in [0.1, 0.15) is 5.56 Å². The van der Waals surface area contributed by atoms with Crippen LogP contribution in [0.5, 0.6) is 0 Å². The fourth-order valence-electron chi connectivity index (χ4n) is 2.85. The Labute approximate surface area is 177 Å². The minimum atomic E-state index is -0.655. The Bertz CT molecular complexity index is 1190. The van der Waals surface area contributed by atoms with Crippen molar-refractivity contribution in [3.63, 3.8) is 0 Å². The van der Waals surface area contributed by atoms with Crippen LogP contribution in [0, 0.1) is 0 Å². The highest BCUT2D eigenvalue weighted by atomic mass is 16.5. The van der Waals surface area contributed by atoms with Crippen LogP contribution in [0.3, 0.4) is 0 Å². The van der Waals surface area contributed by atoms with Crippen LogP contribution in [0.1, 0.15) is 33.5 Å². The smallest absolute Gasteiger partial charge is 0.360 e. The maximum atomic E-state index is 12.7. The zero-order valence-corrected chi connectivity index (χ0v) is 16.6. The van der Waals surface area contributed by atoms with E-state index in [0.717, 1.165) is 0 Å². The second kappa shape index (κ2) is 9.04. The molecule has 0 saturated carbocycles. The van der Waals surface area contributed by atoms with Gasteiger partial charge in [0.15, 0.2) is 23.9 Å². The third-order valence-electron chi connectivity index (χ3n) is 4.25. The molecule has 0 radical (unpaired) electrons. The summed E-state index contributed by atoms with van der Waals surface area (Å²) in [4.78, 5) is 33.5. The number of oxazole rings is 1. The van der Waals surface area contributed by atoms with E-state index in [1.807, 2.05) is 18.2 Å². The predicted molar refractivity (Wildman–Crippen MR) is 108 cm³/mol. The molecule has 0 saturated heterocycles. The average molecular weight is 418 g/mol. The summed E-state index contributed by atoms with van der Waals surface area (Å²) in [5, 5.41) is 4.10. The van der Waals surface area contributed by atoms with Crippen LogP contribution >= 0.6 is 0 Å². The molecule has 1 aromatic carbocycles. The van der Waals surface area contributed by atoms with Crippen LogP contribution in [0.15, 0.2) is 71.5 Å². The number of ether oxygens (including phenoxy) is 2. The predicted octanol–water partition coefficient (Wildman–Crippen LogP) is 3.46. The Morgan fingerprint density at radius 2 is 1.84 bits per heavy atom. The topological polar surface area (TPSA) is 109 Å². The first-order valence-corrected chi connectivity index (χ1v) is 9.51. The van der Waals surface area contributed by atoms with Gasteiger partial charge in [-0.1, -0.05) is 18.2 Å².